The van der Waals surface area contributed by atoms with Gasteiger partial charge in [0.2, 0.25) is 0 Å². The molecule has 0 saturated heterocycles. The third-order valence-corrected chi connectivity index (χ3v) is 1.39. The predicted octanol–water partition coefficient (Wildman–Crippen LogP) is -2.75. The van der Waals surface area contributed by atoms with Crippen molar-refractivity contribution in [3.05, 3.63) is 48.6 Å². The van der Waals surface area contributed by atoms with Crippen molar-refractivity contribution in [1.29, 1.82) is 0 Å². The summed E-state index contributed by atoms with van der Waals surface area (Å²) in [4.78, 5) is 38.0. The SMILES string of the molecule is C=C(C)C(=O)[O-].C=C(C)C(=O)[O-].C=C(C)C(=O)[O-].C=C(C)C(=O)[O-].[Zr+4]. The Kier molecular flexibility index (Phi) is 27.0. The Morgan fingerprint density at radius 3 is 0.520 bits per heavy atom. The molecule has 0 fully saturated rings. The van der Waals surface area contributed by atoms with Gasteiger partial charge in [0.05, 0.1) is 23.9 Å². The van der Waals surface area contributed by atoms with E-state index in [2.05, 4.69) is 26.3 Å². The Hall–Kier alpha value is -2.28. The molecule has 0 unspecified atom stereocenters. The van der Waals surface area contributed by atoms with Crippen molar-refractivity contribution in [3.63, 3.8) is 0 Å². The third-order valence-electron chi connectivity index (χ3n) is 1.39. The summed E-state index contributed by atoms with van der Waals surface area (Å²) in [5, 5.41) is 38.0. The minimum atomic E-state index is -1.19. The monoisotopic (exact) mass is 430 g/mol. The van der Waals surface area contributed by atoms with Gasteiger partial charge in [-0.3, -0.25) is 0 Å². The van der Waals surface area contributed by atoms with Crippen LogP contribution in [0.3, 0.4) is 0 Å². The van der Waals surface area contributed by atoms with E-state index in [1.165, 1.54) is 27.7 Å². The zero-order chi connectivity index (χ0) is 20.6. The van der Waals surface area contributed by atoms with E-state index in [1.54, 1.807) is 0 Å². The number of carboxylic acid groups (broad SMARTS) is 4. The maximum Gasteiger partial charge on any atom is 4.00 e. The minimum absolute atomic E-state index is 0. The molecular formula is C16H20O8Zr. The van der Waals surface area contributed by atoms with Crippen LogP contribution in [0.25, 0.3) is 0 Å². The maximum absolute atomic E-state index is 9.49. The van der Waals surface area contributed by atoms with Gasteiger partial charge < -0.3 is 39.6 Å². The van der Waals surface area contributed by atoms with Crippen LogP contribution in [0, 0.1) is 0 Å². The average Bonchev–Trinajstić information content (AvgIpc) is 2.40. The molecular weight excluding hydrogens is 411 g/mol. The van der Waals surface area contributed by atoms with Gasteiger partial charge in [0, 0.05) is 0 Å². The van der Waals surface area contributed by atoms with E-state index in [9.17, 15) is 39.6 Å². The molecule has 136 valence electrons. The van der Waals surface area contributed by atoms with E-state index in [4.69, 9.17) is 0 Å². The summed E-state index contributed by atoms with van der Waals surface area (Å²) < 4.78 is 0. The summed E-state index contributed by atoms with van der Waals surface area (Å²) >= 11 is 0. The van der Waals surface area contributed by atoms with Gasteiger partial charge in [-0.25, -0.2) is 0 Å². The summed E-state index contributed by atoms with van der Waals surface area (Å²) in [5.41, 5.74) is 0.259. The van der Waals surface area contributed by atoms with Gasteiger partial charge in [0.25, 0.3) is 0 Å². The molecule has 0 aliphatic rings. The Balaban J connectivity index is -0.0000000702. The van der Waals surface area contributed by atoms with Crippen molar-refractivity contribution in [2.75, 3.05) is 0 Å². The second kappa shape index (κ2) is 19.8. The van der Waals surface area contributed by atoms with Crippen LogP contribution in [0.15, 0.2) is 48.6 Å². The van der Waals surface area contributed by atoms with Crippen molar-refractivity contribution >= 4 is 23.9 Å². The Labute approximate surface area is 166 Å². The van der Waals surface area contributed by atoms with Crippen LogP contribution in [-0.4, -0.2) is 23.9 Å². The van der Waals surface area contributed by atoms with Crippen LogP contribution in [-0.2, 0) is 45.4 Å². The summed E-state index contributed by atoms with van der Waals surface area (Å²) in [7, 11) is 0. The van der Waals surface area contributed by atoms with Gasteiger partial charge >= 0.3 is 26.2 Å². The van der Waals surface area contributed by atoms with Gasteiger partial charge in [-0.05, 0) is 50.0 Å². The molecule has 0 aromatic rings. The Bertz CT molecular complexity index is 388. The molecule has 0 radical (unpaired) electrons. The van der Waals surface area contributed by atoms with Crippen LogP contribution in [0.1, 0.15) is 27.7 Å². The molecule has 0 atom stereocenters. The molecule has 0 aliphatic heterocycles. The van der Waals surface area contributed by atoms with Crippen molar-refractivity contribution < 1.29 is 65.8 Å². The number of hydrogen-bond acceptors (Lipinski definition) is 8. The molecule has 0 aromatic heterocycles. The summed E-state index contributed by atoms with van der Waals surface area (Å²) in [6, 6.07) is 0. The zero-order valence-corrected chi connectivity index (χ0v) is 17.1. The first-order valence-electron chi connectivity index (χ1n) is 6.05. The molecule has 0 saturated carbocycles. The largest absolute Gasteiger partial charge is 4.00 e. The van der Waals surface area contributed by atoms with Gasteiger partial charge in [0.15, 0.2) is 0 Å². The number of rotatable bonds is 4. The zero-order valence-electron chi connectivity index (χ0n) is 14.6. The van der Waals surface area contributed by atoms with E-state index in [0.29, 0.717) is 0 Å². The number of aliphatic carboxylic acids is 4. The molecule has 0 spiro atoms. The Morgan fingerprint density at radius 1 is 0.480 bits per heavy atom. The molecule has 0 amide bonds. The van der Waals surface area contributed by atoms with Gasteiger partial charge in [-0.2, -0.15) is 0 Å². The maximum atomic E-state index is 9.49. The van der Waals surface area contributed by atoms with E-state index in [0.717, 1.165) is 0 Å². The van der Waals surface area contributed by atoms with Crippen LogP contribution in [0.4, 0.5) is 0 Å². The number of carbonyl (C=O) groups excluding carboxylic acids is 4. The fraction of sp³-hybridized carbons (Fsp3) is 0.250. The van der Waals surface area contributed by atoms with Crippen LogP contribution in [0.5, 0.6) is 0 Å². The van der Waals surface area contributed by atoms with Crippen LogP contribution in [0.2, 0.25) is 0 Å². The first-order valence-corrected chi connectivity index (χ1v) is 6.05. The first-order chi connectivity index (χ1) is 10.6. The average molecular weight is 432 g/mol. The molecule has 25 heavy (non-hydrogen) atoms. The molecule has 0 rings (SSSR count). The smallest absolute Gasteiger partial charge is 0.545 e. The number of carboxylic acids is 4. The molecule has 0 bridgehead atoms. The van der Waals surface area contributed by atoms with E-state index >= 15 is 0 Å². The van der Waals surface area contributed by atoms with Gasteiger partial charge in [-0.15, -0.1) is 0 Å². The van der Waals surface area contributed by atoms with E-state index < -0.39 is 23.9 Å². The molecule has 9 heteroatoms. The molecule has 0 N–H and O–H groups in total. The molecule has 0 aromatic carbocycles. The summed E-state index contributed by atoms with van der Waals surface area (Å²) in [5.74, 6) is -4.74. The van der Waals surface area contributed by atoms with Crippen molar-refractivity contribution in [1.82, 2.24) is 0 Å². The standard InChI is InChI=1S/4C4H6O2.Zr/c4*1-3(2)4(5)6;/h4*1H2,2H3,(H,5,6);/q;;;;+4/p-4. The molecule has 0 heterocycles. The van der Waals surface area contributed by atoms with Crippen molar-refractivity contribution in [3.8, 4) is 0 Å². The number of carbonyl (C=O) groups is 4. The fourth-order valence-corrected chi connectivity index (χ4v) is 0. The second-order valence-corrected chi connectivity index (χ2v) is 4.27. The topological polar surface area (TPSA) is 161 Å². The quantitative estimate of drug-likeness (QED) is 0.433. The minimum Gasteiger partial charge on any atom is -0.545 e. The molecule has 8 nitrogen and oxygen atoms in total. The van der Waals surface area contributed by atoms with Crippen molar-refractivity contribution in [2.45, 2.75) is 27.7 Å². The predicted molar refractivity (Wildman–Crippen MR) is 79.3 cm³/mol. The second-order valence-electron chi connectivity index (χ2n) is 4.27. The van der Waals surface area contributed by atoms with Crippen LogP contribution >= 0.6 is 0 Å². The van der Waals surface area contributed by atoms with Gasteiger partial charge in [-0.1, -0.05) is 26.3 Å². The fourth-order valence-electron chi connectivity index (χ4n) is 0. The number of hydrogen-bond donors (Lipinski definition) is 0. The third kappa shape index (κ3) is 44.9. The first kappa shape index (κ1) is 34.1. The summed E-state index contributed by atoms with van der Waals surface area (Å²) in [6.45, 7) is 17.9. The van der Waals surface area contributed by atoms with Crippen LogP contribution < -0.4 is 20.4 Å². The van der Waals surface area contributed by atoms with Gasteiger partial charge in [0.1, 0.15) is 0 Å². The summed E-state index contributed by atoms with van der Waals surface area (Å²) in [6.07, 6.45) is 0. The Morgan fingerprint density at radius 2 is 0.520 bits per heavy atom. The van der Waals surface area contributed by atoms with E-state index in [1.807, 2.05) is 0 Å². The van der Waals surface area contributed by atoms with E-state index in [-0.39, 0.29) is 48.5 Å². The van der Waals surface area contributed by atoms with Crippen molar-refractivity contribution in [2.24, 2.45) is 0 Å². The normalized spacial score (nSPS) is 7.20. The molecule has 0 aliphatic carbocycles.